The molecule has 0 N–H and O–H groups in total. The molecule has 1 aromatic heterocycles. The summed E-state index contributed by atoms with van der Waals surface area (Å²) in [6, 6.07) is 13.2. The van der Waals surface area contributed by atoms with Gasteiger partial charge in [0, 0.05) is 42.0 Å². The van der Waals surface area contributed by atoms with E-state index in [0.717, 1.165) is 18.4 Å². The molecule has 1 aliphatic heterocycles. The molecule has 0 amide bonds. The van der Waals surface area contributed by atoms with Crippen LogP contribution >= 0.6 is 0 Å². The number of carbonyl (C=O) groups excluding carboxylic acids is 1. The summed E-state index contributed by atoms with van der Waals surface area (Å²) < 4.78 is 56.8. The zero-order valence-corrected chi connectivity index (χ0v) is 23.8. The number of aromatic nitrogens is 1. The molecule has 1 saturated carbocycles. The number of hydrogen-bond donors (Lipinski definition) is 0. The molecule has 0 atom stereocenters. The number of sulfonamides is 1. The van der Waals surface area contributed by atoms with Crippen molar-refractivity contribution in [2.24, 2.45) is 0 Å². The van der Waals surface area contributed by atoms with Crippen LogP contribution in [0.2, 0.25) is 0 Å². The van der Waals surface area contributed by atoms with Crippen LogP contribution in [0, 0.1) is 12.7 Å². The van der Waals surface area contributed by atoms with Gasteiger partial charge >= 0.3 is 5.97 Å². The van der Waals surface area contributed by atoms with Gasteiger partial charge in [0.05, 0.1) is 29.5 Å². The first-order chi connectivity index (χ1) is 19.6. The molecule has 1 aliphatic carbocycles. The lowest BCUT2D eigenvalue weighted by molar-refractivity contribution is 0.0524. The Morgan fingerprint density at radius 3 is 2.39 bits per heavy atom. The SMILES string of the molecule is CCOC(=O)c1cn(C2CC2)c2c(OC)c(-c3ccc4c(c3F)CN(S(=O)(=O)c3ccc(C)cc3)C4)ccc2c1=O. The number of rotatable bonds is 7. The maximum Gasteiger partial charge on any atom is 0.343 e. The molecule has 1 fully saturated rings. The van der Waals surface area contributed by atoms with Crippen LogP contribution in [0.25, 0.3) is 22.0 Å². The van der Waals surface area contributed by atoms with Gasteiger partial charge in [0.2, 0.25) is 15.5 Å². The molecule has 0 unspecified atom stereocenters. The highest BCUT2D eigenvalue weighted by atomic mass is 32.2. The monoisotopic (exact) mass is 576 g/mol. The van der Waals surface area contributed by atoms with E-state index in [1.54, 1.807) is 55.5 Å². The molecule has 8 nitrogen and oxygen atoms in total. The number of pyridine rings is 1. The van der Waals surface area contributed by atoms with E-state index in [9.17, 15) is 18.0 Å². The van der Waals surface area contributed by atoms with Crippen LogP contribution in [0.4, 0.5) is 4.39 Å². The minimum absolute atomic E-state index is 0.0559. The first kappa shape index (κ1) is 27.2. The van der Waals surface area contributed by atoms with E-state index < -0.39 is 27.2 Å². The van der Waals surface area contributed by atoms with Gasteiger partial charge in [-0.25, -0.2) is 17.6 Å². The Balaban J connectivity index is 1.45. The Morgan fingerprint density at radius 1 is 1.02 bits per heavy atom. The molecule has 10 heteroatoms. The van der Waals surface area contributed by atoms with Crippen LogP contribution in [0.3, 0.4) is 0 Å². The summed E-state index contributed by atoms with van der Waals surface area (Å²) in [5, 5.41) is 0.278. The van der Waals surface area contributed by atoms with E-state index in [-0.39, 0.29) is 47.1 Å². The molecular formula is C31H29FN2O6S. The van der Waals surface area contributed by atoms with Crippen molar-refractivity contribution >= 4 is 26.9 Å². The van der Waals surface area contributed by atoms with Gasteiger partial charge in [-0.1, -0.05) is 29.8 Å². The number of methoxy groups -OCH3 is 1. The maximum atomic E-state index is 16.2. The van der Waals surface area contributed by atoms with Gasteiger partial charge in [-0.2, -0.15) is 4.31 Å². The fourth-order valence-electron chi connectivity index (χ4n) is 5.47. The van der Waals surface area contributed by atoms with Gasteiger partial charge in [-0.05, 0) is 56.5 Å². The molecule has 0 spiro atoms. The summed E-state index contributed by atoms with van der Waals surface area (Å²) in [5.74, 6) is -0.917. The lowest BCUT2D eigenvalue weighted by Gasteiger charge is -2.19. The molecule has 2 aliphatic rings. The smallest absolute Gasteiger partial charge is 0.343 e. The molecule has 0 saturated heterocycles. The van der Waals surface area contributed by atoms with Crippen LogP contribution in [0.5, 0.6) is 5.75 Å². The van der Waals surface area contributed by atoms with Crippen molar-refractivity contribution in [3.63, 3.8) is 0 Å². The number of benzene rings is 3. The van der Waals surface area contributed by atoms with Crippen molar-refractivity contribution in [2.75, 3.05) is 13.7 Å². The summed E-state index contributed by atoms with van der Waals surface area (Å²) in [5.41, 5.74) is 2.45. The van der Waals surface area contributed by atoms with Crippen LogP contribution < -0.4 is 10.2 Å². The standard InChI is InChI=1S/C31H29FN2O6S/c1-4-40-31(36)26-17-34(20-8-9-20)28-24(29(26)35)14-13-23(30(28)39-3)22-12-7-19-15-33(16-25(19)27(22)32)41(37,38)21-10-5-18(2)6-11-21/h5-7,10-14,17,20H,4,8-9,15-16H2,1-3H3. The predicted octanol–water partition coefficient (Wildman–Crippen LogP) is 5.34. The number of aryl methyl sites for hydroxylation is 1. The van der Waals surface area contributed by atoms with Crippen molar-refractivity contribution in [1.29, 1.82) is 0 Å². The number of hydrogen-bond acceptors (Lipinski definition) is 6. The highest BCUT2D eigenvalue weighted by molar-refractivity contribution is 7.89. The molecule has 4 aromatic rings. The minimum atomic E-state index is -3.82. The third-order valence-electron chi connectivity index (χ3n) is 7.76. The molecule has 6 rings (SSSR count). The summed E-state index contributed by atoms with van der Waals surface area (Å²) >= 11 is 0. The van der Waals surface area contributed by atoms with Gasteiger partial charge < -0.3 is 14.0 Å². The number of nitrogens with zero attached hydrogens (tertiary/aromatic N) is 2. The molecule has 2 heterocycles. The number of halogens is 1. The lowest BCUT2D eigenvalue weighted by Crippen LogP contribution is -2.25. The van der Waals surface area contributed by atoms with Gasteiger partial charge in [0.25, 0.3) is 0 Å². The van der Waals surface area contributed by atoms with Crippen LogP contribution in [-0.2, 0) is 27.8 Å². The zero-order valence-electron chi connectivity index (χ0n) is 22.9. The molecule has 212 valence electrons. The second-order valence-corrected chi connectivity index (χ2v) is 12.4. The van der Waals surface area contributed by atoms with Crippen molar-refractivity contribution in [3.8, 4) is 16.9 Å². The Hall–Kier alpha value is -4.02. The van der Waals surface area contributed by atoms with Gasteiger partial charge in [0.15, 0.2) is 5.75 Å². The molecule has 41 heavy (non-hydrogen) atoms. The number of fused-ring (bicyclic) bond motifs is 2. The average molecular weight is 577 g/mol. The fraction of sp³-hybridized carbons (Fsp3) is 0.290. The largest absolute Gasteiger partial charge is 0.494 e. The van der Waals surface area contributed by atoms with E-state index in [4.69, 9.17) is 9.47 Å². The highest BCUT2D eigenvalue weighted by Gasteiger charge is 2.34. The Morgan fingerprint density at radius 2 is 1.73 bits per heavy atom. The van der Waals surface area contributed by atoms with Gasteiger partial charge in [-0.3, -0.25) is 4.79 Å². The van der Waals surface area contributed by atoms with Crippen molar-refractivity contribution in [2.45, 2.75) is 50.7 Å². The van der Waals surface area contributed by atoms with Gasteiger partial charge in [-0.15, -0.1) is 0 Å². The Labute approximate surface area is 237 Å². The fourth-order valence-corrected chi connectivity index (χ4v) is 6.86. The Bertz CT molecular complexity index is 1880. The summed E-state index contributed by atoms with van der Waals surface area (Å²) in [7, 11) is -2.36. The van der Waals surface area contributed by atoms with Gasteiger partial charge in [0.1, 0.15) is 11.4 Å². The summed E-state index contributed by atoms with van der Waals surface area (Å²) in [6.07, 6.45) is 3.25. The molecule has 0 bridgehead atoms. The predicted molar refractivity (Wildman–Crippen MR) is 152 cm³/mol. The molecule has 3 aromatic carbocycles. The van der Waals surface area contributed by atoms with Crippen LogP contribution in [0.1, 0.15) is 52.9 Å². The van der Waals surface area contributed by atoms with Crippen molar-refractivity contribution < 1.29 is 27.1 Å². The molecule has 0 radical (unpaired) electrons. The molecular weight excluding hydrogens is 547 g/mol. The first-order valence-corrected chi connectivity index (χ1v) is 14.9. The van der Waals surface area contributed by atoms with Crippen LogP contribution in [0.15, 0.2) is 64.4 Å². The van der Waals surface area contributed by atoms with E-state index in [1.165, 1.54) is 17.6 Å². The quantitative estimate of drug-likeness (QED) is 0.276. The van der Waals surface area contributed by atoms with E-state index in [1.807, 2.05) is 11.5 Å². The van der Waals surface area contributed by atoms with E-state index in [2.05, 4.69) is 0 Å². The van der Waals surface area contributed by atoms with Crippen LogP contribution in [-0.4, -0.2) is 37.0 Å². The number of ether oxygens (including phenoxy) is 2. The topological polar surface area (TPSA) is 94.9 Å². The maximum absolute atomic E-state index is 16.2. The van der Waals surface area contributed by atoms with E-state index >= 15 is 4.39 Å². The average Bonchev–Trinajstić information content (AvgIpc) is 3.70. The number of esters is 1. The first-order valence-electron chi connectivity index (χ1n) is 13.5. The normalized spacial score (nSPS) is 15.2. The summed E-state index contributed by atoms with van der Waals surface area (Å²) in [4.78, 5) is 26.0. The third kappa shape index (κ3) is 4.51. The second-order valence-electron chi connectivity index (χ2n) is 10.4. The van der Waals surface area contributed by atoms with E-state index in [0.29, 0.717) is 28.0 Å². The zero-order chi connectivity index (χ0) is 29.1. The van der Waals surface area contributed by atoms with Crippen molar-refractivity contribution in [3.05, 3.63) is 93.0 Å². The highest BCUT2D eigenvalue weighted by Crippen LogP contribution is 2.44. The number of carbonyl (C=O) groups is 1. The summed E-state index contributed by atoms with van der Waals surface area (Å²) in [6.45, 7) is 3.66. The third-order valence-corrected chi connectivity index (χ3v) is 9.56. The minimum Gasteiger partial charge on any atom is -0.494 e. The second kappa shape index (κ2) is 10.1. The van der Waals surface area contributed by atoms with Crippen molar-refractivity contribution in [1.82, 2.24) is 8.87 Å². The Kier molecular flexibility index (Phi) is 6.70. The lowest BCUT2D eigenvalue weighted by atomic mass is 9.96.